The Morgan fingerprint density at radius 1 is 0.242 bits per heavy atom. The summed E-state index contributed by atoms with van der Waals surface area (Å²) in [7, 11) is 0. The van der Waals surface area contributed by atoms with Crippen LogP contribution in [0, 0.1) is 0 Å². The first kappa shape index (κ1) is 37.2. The predicted octanol–water partition coefficient (Wildman–Crippen LogP) is 17.5. The summed E-state index contributed by atoms with van der Waals surface area (Å²) in [6.07, 6.45) is 0. The number of para-hydroxylation sites is 2. The monoisotopic (exact) mass is 807 g/mol. The fourth-order valence-electron chi connectivity index (χ4n) is 8.99. The van der Waals surface area contributed by atoms with E-state index in [9.17, 15) is 0 Å². The topological polar surface area (TPSA) is 3.24 Å². The molecule has 1 nitrogen and oxygen atoms in total. The smallest absolute Gasteiger partial charge is 0.0540 e. The van der Waals surface area contributed by atoms with Crippen molar-refractivity contribution in [3.8, 4) is 66.8 Å². The molecular weight excluding hydrogens is 767 g/mol. The van der Waals surface area contributed by atoms with Crippen LogP contribution in [0.1, 0.15) is 0 Å². The van der Waals surface area contributed by atoms with Gasteiger partial charge in [-0.05, 0) is 86.0 Å². The van der Waals surface area contributed by atoms with Crippen molar-refractivity contribution in [3.63, 3.8) is 0 Å². The zero-order valence-corrected chi connectivity index (χ0v) is 34.8. The second kappa shape index (κ2) is 16.3. The van der Waals surface area contributed by atoms with Gasteiger partial charge in [0.25, 0.3) is 0 Å². The molecule has 11 aromatic rings. The number of thiophene rings is 1. The van der Waals surface area contributed by atoms with Crippen LogP contribution in [0.5, 0.6) is 0 Å². The first-order chi connectivity index (χ1) is 30.8. The zero-order valence-electron chi connectivity index (χ0n) is 34.0. The minimum absolute atomic E-state index is 1.08. The van der Waals surface area contributed by atoms with Crippen molar-refractivity contribution in [2.45, 2.75) is 0 Å². The van der Waals surface area contributed by atoms with Crippen molar-refractivity contribution in [2.75, 3.05) is 4.90 Å². The van der Waals surface area contributed by atoms with Crippen molar-refractivity contribution in [2.24, 2.45) is 0 Å². The summed E-state index contributed by atoms with van der Waals surface area (Å²) >= 11 is 1.87. The third-order valence-corrected chi connectivity index (χ3v) is 13.2. The molecular formula is C60H41NS. The van der Waals surface area contributed by atoms with E-state index in [1.807, 2.05) is 11.3 Å². The lowest BCUT2D eigenvalue weighted by molar-refractivity contribution is 1.28. The molecule has 0 unspecified atom stereocenters. The summed E-state index contributed by atoms with van der Waals surface area (Å²) in [6, 6.07) is 90.3. The largest absolute Gasteiger partial charge is 0.309 e. The molecule has 0 atom stereocenters. The SMILES string of the molecule is c1ccc(-c2ccc(-c3ccccc3N(c3ccc(-c4cccc5c4sc4ccccc45)cc3)c3ccccc3-c3ccccc3-c3ccccc3-c3ccccc3)cc2)cc1. The summed E-state index contributed by atoms with van der Waals surface area (Å²) in [5, 5.41) is 2.62. The van der Waals surface area contributed by atoms with Gasteiger partial charge >= 0.3 is 0 Å². The molecule has 1 aromatic heterocycles. The molecule has 0 N–H and O–H groups in total. The van der Waals surface area contributed by atoms with Crippen LogP contribution in [0.4, 0.5) is 17.1 Å². The Morgan fingerprint density at radius 3 is 1.34 bits per heavy atom. The molecule has 11 rings (SSSR count). The van der Waals surface area contributed by atoms with Crippen LogP contribution in [-0.2, 0) is 0 Å². The van der Waals surface area contributed by atoms with Crippen molar-refractivity contribution in [3.05, 3.63) is 249 Å². The van der Waals surface area contributed by atoms with E-state index in [4.69, 9.17) is 0 Å². The van der Waals surface area contributed by atoms with Gasteiger partial charge in [-0.3, -0.25) is 0 Å². The van der Waals surface area contributed by atoms with E-state index in [1.54, 1.807) is 0 Å². The number of rotatable bonds is 9. The van der Waals surface area contributed by atoms with Gasteiger partial charge in [0.05, 0.1) is 11.4 Å². The minimum atomic E-state index is 1.08. The van der Waals surface area contributed by atoms with E-state index in [1.165, 1.54) is 70.2 Å². The average molecular weight is 808 g/mol. The standard InChI is InChI=1S/C60H41NS/c1-3-18-42(19-4-1)43-34-36-45(37-35-43)49-23-11-14-31-57(49)61(47-40-38-46(39-41-47)50-29-17-30-56-55-28-13-16-33-59(55)62-60(50)56)58-32-15-12-27-54(58)53-26-10-9-25-52(53)51-24-8-7-22-48(51)44-20-5-2-6-21-44/h1-41H. The van der Waals surface area contributed by atoms with Gasteiger partial charge in [0, 0.05) is 37.0 Å². The Bertz CT molecular complexity index is 3330. The first-order valence-electron chi connectivity index (χ1n) is 21.2. The van der Waals surface area contributed by atoms with Gasteiger partial charge in [0.15, 0.2) is 0 Å². The Kier molecular flexibility index (Phi) is 9.82. The molecule has 1 heterocycles. The highest BCUT2D eigenvalue weighted by Crippen LogP contribution is 2.48. The van der Waals surface area contributed by atoms with E-state index in [0.717, 1.165) is 33.8 Å². The van der Waals surface area contributed by atoms with Crippen molar-refractivity contribution >= 4 is 48.6 Å². The fraction of sp³-hybridized carbons (Fsp3) is 0. The number of hydrogen-bond donors (Lipinski definition) is 0. The Morgan fingerprint density at radius 2 is 0.645 bits per heavy atom. The molecule has 0 saturated carbocycles. The second-order valence-corrected chi connectivity index (χ2v) is 16.6. The summed E-state index contributed by atoms with van der Waals surface area (Å²) in [5.74, 6) is 0. The quantitative estimate of drug-likeness (QED) is 0.140. The zero-order chi connectivity index (χ0) is 41.2. The molecule has 0 amide bonds. The number of anilines is 3. The summed E-state index contributed by atoms with van der Waals surface area (Å²) in [4.78, 5) is 2.46. The fourth-order valence-corrected chi connectivity index (χ4v) is 10.2. The van der Waals surface area contributed by atoms with E-state index >= 15 is 0 Å². The van der Waals surface area contributed by atoms with E-state index < -0.39 is 0 Å². The summed E-state index contributed by atoms with van der Waals surface area (Å²) < 4.78 is 2.63. The van der Waals surface area contributed by atoms with Crippen LogP contribution in [0.25, 0.3) is 86.9 Å². The molecule has 292 valence electrons. The first-order valence-corrected chi connectivity index (χ1v) is 22.0. The maximum Gasteiger partial charge on any atom is 0.0540 e. The maximum atomic E-state index is 2.46. The molecule has 0 bridgehead atoms. The number of benzene rings is 10. The summed E-state index contributed by atoms with van der Waals surface area (Å²) in [6.45, 7) is 0. The van der Waals surface area contributed by atoms with Gasteiger partial charge in [-0.25, -0.2) is 0 Å². The number of fused-ring (bicyclic) bond motifs is 3. The lowest BCUT2D eigenvalue weighted by Crippen LogP contribution is -2.12. The molecule has 62 heavy (non-hydrogen) atoms. The van der Waals surface area contributed by atoms with E-state index in [0.29, 0.717) is 0 Å². The van der Waals surface area contributed by atoms with Crippen LogP contribution in [0.15, 0.2) is 249 Å². The molecule has 2 heteroatoms. The average Bonchev–Trinajstić information content (AvgIpc) is 3.74. The Labute approximate surface area is 367 Å². The molecule has 0 aliphatic heterocycles. The minimum Gasteiger partial charge on any atom is -0.309 e. The van der Waals surface area contributed by atoms with Crippen LogP contribution in [-0.4, -0.2) is 0 Å². The molecule has 0 aliphatic rings. The second-order valence-electron chi connectivity index (χ2n) is 15.6. The van der Waals surface area contributed by atoms with E-state index in [-0.39, 0.29) is 0 Å². The van der Waals surface area contributed by atoms with Gasteiger partial charge in [-0.2, -0.15) is 0 Å². The van der Waals surface area contributed by atoms with Crippen molar-refractivity contribution < 1.29 is 0 Å². The molecule has 0 aliphatic carbocycles. The van der Waals surface area contributed by atoms with Crippen LogP contribution in [0.2, 0.25) is 0 Å². The highest BCUT2D eigenvalue weighted by molar-refractivity contribution is 7.26. The third-order valence-electron chi connectivity index (χ3n) is 12.0. The van der Waals surface area contributed by atoms with Crippen LogP contribution in [0.3, 0.4) is 0 Å². The lowest BCUT2D eigenvalue weighted by atomic mass is 9.88. The van der Waals surface area contributed by atoms with Gasteiger partial charge in [-0.1, -0.05) is 218 Å². The van der Waals surface area contributed by atoms with Gasteiger partial charge < -0.3 is 4.90 Å². The lowest BCUT2D eigenvalue weighted by Gasteiger charge is -2.30. The summed E-state index contributed by atoms with van der Waals surface area (Å²) in [5.41, 5.74) is 17.6. The normalized spacial score (nSPS) is 11.2. The third kappa shape index (κ3) is 6.87. The van der Waals surface area contributed by atoms with Crippen LogP contribution < -0.4 is 4.90 Å². The maximum absolute atomic E-state index is 2.46. The van der Waals surface area contributed by atoms with Gasteiger partial charge in [-0.15, -0.1) is 11.3 Å². The molecule has 0 fully saturated rings. The molecule has 0 saturated heterocycles. The molecule has 0 spiro atoms. The Hall–Kier alpha value is -7.78. The highest BCUT2D eigenvalue weighted by Gasteiger charge is 2.23. The van der Waals surface area contributed by atoms with Crippen molar-refractivity contribution in [1.29, 1.82) is 0 Å². The molecule has 0 radical (unpaired) electrons. The Balaban J connectivity index is 1.09. The molecule has 10 aromatic carbocycles. The highest BCUT2D eigenvalue weighted by atomic mass is 32.1. The van der Waals surface area contributed by atoms with Gasteiger partial charge in [0.1, 0.15) is 0 Å². The number of hydrogen-bond acceptors (Lipinski definition) is 2. The van der Waals surface area contributed by atoms with Crippen molar-refractivity contribution in [1.82, 2.24) is 0 Å². The van der Waals surface area contributed by atoms with E-state index in [2.05, 4.69) is 254 Å². The van der Waals surface area contributed by atoms with Gasteiger partial charge in [0.2, 0.25) is 0 Å². The predicted molar refractivity (Wildman–Crippen MR) is 267 cm³/mol. The van der Waals surface area contributed by atoms with Crippen LogP contribution >= 0.6 is 11.3 Å². The number of nitrogens with zero attached hydrogens (tertiary/aromatic N) is 1.